The average Bonchev–Trinajstić information content (AvgIpc) is 3.40. The minimum atomic E-state index is -2.90. The summed E-state index contributed by atoms with van der Waals surface area (Å²) in [5.74, 6) is -0.115. The number of hydrogen-bond acceptors (Lipinski definition) is 6. The lowest BCUT2D eigenvalue weighted by atomic mass is 10.1. The van der Waals surface area contributed by atoms with Crippen LogP contribution in [-0.4, -0.2) is 41.7 Å². The van der Waals surface area contributed by atoms with Crippen molar-refractivity contribution in [2.24, 2.45) is 10.7 Å². The molecule has 1 aromatic carbocycles. The van der Waals surface area contributed by atoms with Gasteiger partial charge in [-0.25, -0.2) is 9.97 Å². The van der Waals surface area contributed by atoms with Gasteiger partial charge in [0, 0.05) is 11.6 Å². The summed E-state index contributed by atoms with van der Waals surface area (Å²) in [4.78, 5) is 23.0. The van der Waals surface area contributed by atoms with Gasteiger partial charge in [0.1, 0.15) is 11.8 Å². The number of rotatable bonds is 6. The lowest BCUT2D eigenvalue weighted by Crippen LogP contribution is -2.19. The standard InChI is InChI=1S/C17H17F2N5O3/c1-26-14-8-21-12(7-22-14)15(25)23-10-4-2-3-9(5-10)11-6-13(11)27-17(20)24-16(18)19/h2-5,7-8,11,13,16H,6H2,1H3,(H2,20,24)(H,23,25)/t11-,13-/m1/s1. The van der Waals surface area contributed by atoms with E-state index in [0.717, 1.165) is 5.56 Å². The maximum Gasteiger partial charge on any atom is 0.336 e. The number of carbonyl (C=O) groups is 1. The highest BCUT2D eigenvalue weighted by Gasteiger charge is 2.41. The monoisotopic (exact) mass is 377 g/mol. The Morgan fingerprint density at radius 1 is 1.37 bits per heavy atom. The highest BCUT2D eigenvalue weighted by atomic mass is 19.3. The molecule has 10 heteroatoms. The minimum Gasteiger partial charge on any atom is -0.480 e. The van der Waals surface area contributed by atoms with E-state index in [0.29, 0.717) is 18.0 Å². The Bertz CT molecular complexity index is 845. The van der Waals surface area contributed by atoms with Crippen molar-refractivity contribution in [1.82, 2.24) is 9.97 Å². The van der Waals surface area contributed by atoms with Gasteiger partial charge in [-0.3, -0.25) is 4.79 Å². The number of nitrogens with zero attached hydrogens (tertiary/aromatic N) is 3. The molecule has 2 atom stereocenters. The fraction of sp³-hybridized carbons (Fsp3) is 0.294. The van der Waals surface area contributed by atoms with E-state index in [9.17, 15) is 13.6 Å². The number of methoxy groups -OCH3 is 1. The van der Waals surface area contributed by atoms with Crippen LogP contribution in [0, 0.1) is 0 Å². The molecule has 0 bridgehead atoms. The molecule has 0 radical (unpaired) electrons. The molecule has 0 spiro atoms. The highest BCUT2D eigenvalue weighted by molar-refractivity contribution is 6.02. The molecule has 2 aromatic rings. The minimum absolute atomic E-state index is 0.00551. The van der Waals surface area contributed by atoms with Gasteiger partial charge in [0.2, 0.25) is 5.88 Å². The van der Waals surface area contributed by atoms with E-state index in [2.05, 4.69) is 20.3 Å². The Hall–Kier alpha value is -3.30. The van der Waals surface area contributed by atoms with Crippen molar-refractivity contribution < 1.29 is 23.0 Å². The molecule has 1 heterocycles. The number of amides is 1. The zero-order valence-corrected chi connectivity index (χ0v) is 14.3. The number of nitrogens with one attached hydrogen (secondary N) is 1. The van der Waals surface area contributed by atoms with Gasteiger partial charge in [-0.05, 0) is 24.1 Å². The molecule has 1 aliphatic carbocycles. The third-order valence-corrected chi connectivity index (χ3v) is 3.87. The number of hydrogen-bond donors (Lipinski definition) is 2. The normalized spacial score (nSPS) is 18.9. The summed E-state index contributed by atoms with van der Waals surface area (Å²) in [6.45, 7) is -2.90. The average molecular weight is 377 g/mol. The van der Waals surface area contributed by atoms with Crippen LogP contribution in [0.4, 0.5) is 14.5 Å². The number of ether oxygens (including phenoxy) is 2. The van der Waals surface area contributed by atoms with Gasteiger partial charge in [-0.1, -0.05) is 12.1 Å². The van der Waals surface area contributed by atoms with E-state index < -0.39 is 18.5 Å². The van der Waals surface area contributed by atoms with Crippen LogP contribution in [0.15, 0.2) is 41.7 Å². The van der Waals surface area contributed by atoms with Gasteiger partial charge >= 0.3 is 6.55 Å². The number of nitrogens with two attached hydrogens (primary N) is 1. The molecule has 1 fully saturated rings. The lowest BCUT2D eigenvalue weighted by Gasteiger charge is -2.08. The topological polar surface area (TPSA) is 112 Å². The van der Waals surface area contributed by atoms with Gasteiger partial charge < -0.3 is 20.5 Å². The second kappa shape index (κ2) is 7.94. The number of alkyl halides is 2. The summed E-state index contributed by atoms with van der Waals surface area (Å²) in [6, 6.07) is 6.61. The van der Waals surface area contributed by atoms with E-state index in [1.807, 2.05) is 6.07 Å². The van der Waals surface area contributed by atoms with Crippen molar-refractivity contribution in [1.29, 1.82) is 0 Å². The zero-order chi connectivity index (χ0) is 19.4. The Balaban J connectivity index is 1.62. The fourth-order valence-electron chi connectivity index (χ4n) is 2.52. The Labute approximate surface area is 153 Å². The van der Waals surface area contributed by atoms with Crippen molar-refractivity contribution in [3.05, 3.63) is 47.9 Å². The van der Waals surface area contributed by atoms with Gasteiger partial charge in [0.25, 0.3) is 11.9 Å². The van der Waals surface area contributed by atoms with Crippen LogP contribution >= 0.6 is 0 Å². The number of halogens is 2. The first-order valence-corrected chi connectivity index (χ1v) is 8.01. The molecule has 0 aliphatic heterocycles. The molecule has 0 unspecified atom stereocenters. The van der Waals surface area contributed by atoms with Crippen LogP contribution in [0.3, 0.4) is 0 Å². The lowest BCUT2D eigenvalue weighted by molar-refractivity contribution is 0.102. The second-order valence-electron chi connectivity index (χ2n) is 5.77. The number of benzene rings is 1. The number of amidine groups is 1. The predicted molar refractivity (Wildman–Crippen MR) is 92.8 cm³/mol. The number of aliphatic imine (C=N–C) groups is 1. The maximum atomic E-state index is 12.2. The summed E-state index contributed by atoms with van der Waals surface area (Å²) in [7, 11) is 1.46. The third kappa shape index (κ3) is 4.87. The summed E-state index contributed by atoms with van der Waals surface area (Å²) in [5, 5.41) is 2.73. The smallest absolute Gasteiger partial charge is 0.336 e. The summed E-state index contributed by atoms with van der Waals surface area (Å²) in [6.07, 6.45) is 2.98. The second-order valence-corrected chi connectivity index (χ2v) is 5.77. The first kappa shape index (κ1) is 18.5. The molecule has 1 aliphatic rings. The Kier molecular flexibility index (Phi) is 5.43. The molecular weight excluding hydrogens is 360 g/mol. The van der Waals surface area contributed by atoms with Crippen molar-refractivity contribution >= 4 is 17.6 Å². The van der Waals surface area contributed by atoms with Crippen LogP contribution in [0.5, 0.6) is 5.88 Å². The third-order valence-electron chi connectivity index (χ3n) is 3.87. The number of carbonyl (C=O) groups excluding carboxylic acids is 1. The first-order chi connectivity index (χ1) is 13.0. The van der Waals surface area contributed by atoms with Crippen molar-refractivity contribution in [2.75, 3.05) is 12.4 Å². The fourth-order valence-corrected chi connectivity index (χ4v) is 2.52. The largest absolute Gasteiger partial charge is 0.480 e. The summed E-state index contributed by atoms with van der Waals surface area (Å²) in [5.41, 5.74) is 6.91. The Morgan fingerprint density at radius 2 is 2.19 bits per heavy atom. The molecule has 27 heavy (non-hydrogen) atoms. The molecule has 1 aromatic heterocycles. The van der Waals surface area contributed by atoms with E-state index in [-0.39, 0.29) is 17.7 Å². The molecule has 1 amide bonds. The molecule has 8 nitrogen and oxygen atoms in total. The summed E-state index contributed by atoms with van der Waals surface area (Å²) < 4.78 is 34.3. The summed E-state index contributed by atoms with van der Waals surface area (Å²) >= 11 is 0. The SMILES string of the molecule is COc1cnc(C(=O)Nc2cccc([C@H]3C[C@H]3OC(N)=NC(F)F)c2)cn1. The van der Waals surface area contributed by atoms with E-state index in [1.165, 1.54) is 19.5 Å². The van der Waals surface area contributed by atoms with Crippen LogP contribution in [-0.2, 0) is 4.74 Å². The van der Waals surface area contributed by atoms with Gasteiger partial charge in [-0.15, -0.1) is 0 Å². The van der Waals surface area contributed by atoms with Crippen molar-refractivity contribution in [3.63, 3.8) is 0 Å². The highest BCUT2D eigenvalue weighted by Crippen LogP contribution is 2.43. The predicted octanol–water partition coefficient (Wildman–Crippen LogP) is 2.15. The molecule has 3 rings (SSSR count). The molecule has 0 saturated heterocycles. The molecular formula is C17H17F2N5O3. The van der Waals surface area contributed by atoms with Crippen LogP contribution in [0.25, 0.3) is 0 Å². The van der Waals surface area contributed by atoms with Crippen molar-refractivity contribution in [2.45, 2.75) is 25.0 Å². The van der Waals surface area contributed by atoms with E-state index >= 15 is 0 Å². The van der Waals surface area contributed by atoms with Gasteiger partial charge in [0.05, 0.1) is 19.5 Å². The van der Waals surface area contributed by atoms with Gasteiger partial charge in [-0.2, -0.15) is 13.8 Å². The van der Waals surface area contributed by atoms with Crippen LogP contribution < -0.4 is 15.8 Å². The van der Waals surface area contributed by atoms with Crippen LogP contribution in [0.2, 0.25) is 0 Å². The molecule has 142 valence electrons. The van der Waals surface area contributed by atoms with Crippen molar-refractivity contribution in [3.8, 4) is 5.88 Å². The van der Waals surface area contributed by atoms with Crippen LogP contribution in [0.1, 0.15) is 28.4 Å². The molecule has 1 saturated carbocycles. The van der Waals surface area contributed by atoms with E-state index in [1.54, 1.807) is 18.2 Å². The Morgan fingerprint density at radius 3 is 2.85 bits per heavy atom. The first-order valence-electron chi connectivity index (χ1n) is 8.01. The number of anilines is 1. The number of aromatic nitrogens is 2. The zero-order valence-electron chi connectivity index (χ0n) is 14.3. The van der Waals surface area contributed by atoms with E-state index in [4.69, 9.17) is 15.2 Å². The molecule has 3 N–H and O–H groups in total. The maximum absolute atomic E-state index is 12.2. The van der Waals surface area contributed by atoms with Gasteiger partial charge in [0.15, 0.2) is 0 Å². The quantitative estimate of drug-likeness (QED) is 0.453.